The topological polar surface area (TPSA) is 19.4 Å². The third-order valence-corrected chi connectivity index (χ3v) is 4.15. The van der Waals surface area contributed by atoms with Gasteiger partial charge in [0.15, 0.2) is 0 Å². The molecule has 1 aliphatic heterocycles. The van der Waals surface area contributed by atoms with Crippen molar-refractivity contribution in [3.63, 3.8) is 0 Å². The maximum absolute atomic E-state index is 12.9. The molecule has 7 heteroatoms. The Morgan fingerprint density at radius 3 is 2.30 bits per heavy atom. The zero-order valence-electron chi connectivity index (χ0n) is 11.4. The van der Waals surface area contributed by atoms with E-state index in [0.29, 0.717) is 24.9 Å². The standard InChI is InChI=1S/C13H17BrF3N3/c1-9(2)19-3-5-20(6-4-19)12-7-10(13(15,16)17)11(14)8-18-12/h7-9H,3-6H2,1-2H3. The van der Waals surface area contributed by atoms with Gasteiger partial charge in [0.05, 0.1) is 5.56 Å². The smallest absolute Gasteiger partial charge is 0.354 e. The molecule has 1 aromatic rings. The van der Waals surface area contributed by atoms with Gasteiger partial charge in [-0.2, -0.15) is 13.2 Å². The maximum atomic E-state index is 12.9. The van der Waals surface area contributed by atoms with E-state index in [1.807, 2.05) is 4.90 Å². The number of rotatable bonds is 2. The molecule has 2 heterocycles. The van der Waals surface area contributed by atoms with Crippen LogP contribution < -0.4 is 4.90 Å². The number of hydrogen-bond acceptors (Lipinski definition) is 3. The van der Waals surface area contributed by atoms with Crippen LogP contribution in [-0.2, 0) is 6.18 Å². The average Bonchev–Trinajstić information content (AvgIpc) is 2.38. The Morgan fingerprint density at radius 1 is 1.20 bits per heavy atom. The first-order valence-corrected chi connectivity index (χ1v) is 7.30. The third-order valence-electron chi connectivity index (χ3n) is 3.51. The van der Waals surface area contributed by atoms with Gasteiger partial charge in [-0.15, -0.1) is 0 Å². The molecule has 112 valence electrons. The van der Waals surface area contributed by atoms with E-state index in [4.69, 9.17) is 0 Å². The number of alkyl halides is 3. The van der Waals surface area contributed by atoms with Crippen LogP contribution in [0.15, 0.2) is 16.7 Å². The highest BCUT2D eigenvalue weighted by Gasteiger charge is 2.34. The zero-order chi connectivity index (χ0) is 14.9. The fourth-order valence-corrected chi connectivity index (χ4v) is 2.73. The molecule has 1 saturated heterocycles. The van der Waals surface area contributed by atoms with E-state index in [9.17, 15) is 13.2 Å². The monoisotopic (exact) mass is 351 g/mol. The van der Waals surface area contributed by atoms with Gasteiger partial charge in [-0.1, -0.05) is 0 Å². The largest absolute Gasteiger partial charge is 0.417 e. The lowest BCUT2D eigenvalue weighted by Crippen LogP contribution is -2.49. The molecule has 0 spiro atoms. The number of halogens is 4. The van der Waals surface area contributed by atoms with Crippen molar-refractivity contribution in [1.82, 2.24) is 9.88 Å². The first-order valence-electron chi connectivity index (χ1n) is 6.51. The molecular weight excluding hydrogens is 335 g/mol. The molecule has 0 amide bonds. The summed E-state index contributed by atoms with van der Waals surface area (Å²) in [6.07, 6.45) is -3.14. The summed E-state index contributed by atoms with van der Waals surface area (Å²) in [6, 6.07) is 1.58. The summed E-state index contributed by atoms with van der Waals surface area (Å²) in [7, 11) is 0. The molecule has 0 unspecified atom stereocenters. The van der Waals surface area contributed by atoms with Crippen molar-refractivity contribution < 1.29 is 13.2 Å². The Balaban J connectivity index is 2.15. The van der Waals surface area contributed by atoms with E-state index in [1.54, 1.807) is 0 Å². The second kappa shape index (κ2) is 5.89. The zero-order valence-corrected chi connectivity index (χ0v) is 13.0. The van der Waals surface area contributed by atoms with E-state index in [1.165, 1.54) is 6.20 Å². The quantitative estimate of drug-likeness (QED) is 0.814. The second-order valence-corrected chi connectivity index (χ2v) is 5.99. The Hall–Kier alpha value is -0.820. The van der Waals surface area contributed by atoms with Crippen molar-refractivity contribution in [1.29, 1.82) is 0 Å². The number of aromatic nitrogens is 1. The van der Waals surface area contributed by atoms with E-state index < -0.39 is 11.7 Å². The predicted molar refractivity (Wildman–Crippen MR) is 75.9 cm³/mol. The summed E-state index contributed by atoms with van der Waals surface area (Å²) in [5.41, 5.74) is -0.672. The van der Waals surface area contributed by atoms with E-state index in [0.717, 1.165) is 19.2 Å². The van der Waals surface area contributed by atoms with Crippen LogP contribution in [0.5, 0.6) is 0 Å². The molecule has 0 N–H and O–H groups in total. The van der Waals surface area contributed by atoms with Gasteiger partial charge in [-0.3, -0.25) is 4.90 Å². The van der Waals surface area contributed by atoms with Gasteiger partial charge < -0.3 is 4.90 Å². The number of piperazine rings is 1. The van der Waals surface area contributed by atoms with Crippen LogP contribution >= 0.6 is 15.9 Å². The number of pyridine rings is 1. The van der Waals surface area contributed by atoms with Crippen molar-refractivity contribution in [2.75, 3.05) is 31.1 Å². The summed E-state index contributed by atoms with van der Waals surface area (Å²) in [5.74, 6) is 0.393. The lowest BCUT2D eigenvalue weighted by atomic mass is 10.2. The first kappa shape index (κ1) is 15.6. The summed E-state index contributed by atoms with van der Waals surface area (Å²) < 4.78 is 38.6. The van der Waals surface area contributed by atoms with Crippen LogP contribution in [0.3, 0.4) is 0 Å². The molecule has 0 aromatic carbocycles. The van der Waals surface area contributed by atoms with E-state index in [2.05, 4.69) is 39.7 Å². The Kier molecular flexibility index (Phi) is 4.59. The highest BCUT2D eigenvalue weighted by Crippen LogP contribution is 2.36. The molecule has 1 aromatic heterocycles. The van der Waals surface area contributed by atoms with Gasteiger partial charge in [-0.05, 0) is 35.8 Å². The molecule has 20 heavy (non-hydrogen) atoms. The van der Waals surface area contributed by atoms with Gasteiger partial charge in [0.2, 0.25) is 0 Å². The van der Waals surface area contributed by atoms with E-state index in [-0.39, 0.29) is 4.47 Å². The summed E-state index contributed by atoms with van der Waals surface area (Å²) in [5, 5.41) is 0. The van der Waals surface area contributed by atoms with Gasteiger partial charge >= 0.3 is 6.18 Å². The molecule has 1 aliphatic rings. The summed E-state index contributed by atoms with van der Waals surface area (Å²) in [4.78, 5) is 8.32. The Bertz CT molecular complexity index is 468. The van der Waals surface area contributed by atoms with Gasteiger partial charge in [0, 0.05) is 42.9 Å². The van der Waals surface area contributed by atoms with Gasteiger partial charge in [0.25, 0.3) is 0 Å². The third kappa shape index (κ3) is 3.44. The van der Waals surface area contributed by atoms with Gasteiger partial charge in [-0.25, -0.2) is 4.98 Å². The minimum Gasteiger partial charge on any atom is -0.354 e. The van der Waals surface area contributed by atoms with Crippen molar-refractivity contribution in [3.8, 4) is 0 Å². The normalized spacial score (nSPS) is 17.9. The molecule has 0 radical (unpaired) electrons. The van der Waals surface area contributed by atoms with Crippen LogP contribution in [0.4, 0.5) is 19.0 Å². The van der Waals surface area contributed by atoms with Crippen LogP contribution in [0.1, 0.15) is 19.4 Å². The van der Waals surface area contributed by atoms with Crippen LogP contribution in [0, 0.1) is 0 Å². The van der Waals surface area contributed by atoms with Crippen LogP contribution in [0.25, 0.3) is 0 Å². The van der Waals surface area contributed by atoms with Crippen molar-refractivity contribution in [2.24, 2.45) is 0 Å². The molecule has 3 nitrogen and oxygen atoms in total. The minimum absolute atomic E-state index is 0.0189. The molecule has 0 atom stereocenters. The Morgan fingerprint density at radius 2 is 1.80 bits per heavy atom. The van der Waals surface area contributed by atoms with Crippen LogP contribution in [-0.4, -0.2) is 42.1 Å². The average molecular weight is 352 g/mol. The fraction of sp³-hybridized carbons (Fsp3) is 0.615. The molecular formula is C13H17BrF3N3. The minimum atomic E-state index is -4.36. The molecule has 0 bridgehead atoms. The molecule has 0 saturated carbocycles. The first-order chi connectivity index (χ1) is 9.29. The number of nitrogens with zero attached hydrogens (tertiary/aromatic N) is 3. The van der Waals surface area contributed by atoms with E-state index >= 15 is 0 Å². The second-order valence-electron chi connectivity index (χ2n) is 5.14. The van der Waals surface area contributed by atoms with Crippen molar-refractivity contribution in [2.45, 2.75) is 26.1 Å². The van der Waals surface area contributed by atoms with Crippen LogP contribution in [0.2, 0.25) is 0 Å². The number of hydrogen-bond donors (Lipinski definition) is 0. The lowest BCUT2D eigenvalue weighted by molar-refractivity contribution is -0.138. The van der Waals surface area contributed by atoms with Crippen molar-refractivity contribution in [3.05, 3.63) is 22.3 Å². The van der Waals surface area contributed by atoms with Crippen molar-refractivity contribution >= 4 is 21.7 Å². The molecule has 1 fully saturated rings. The summed E-state index contributed by atoms with van der Waals surface area (Å²) >= 11 is 2.91. The SMILES string of the molecule is CC(C)N1CCN(c2cc(C(F)(F)F)c(Br)cn2)CC1. The summed E-state index contributed by atoms with van der Waals surface area (Å²) in [6.45, 7) is 7.33. The molecule has 2 rings (SSSR count). The predicted octanol–water partition coefficient (Wildman–Crippen LogP) is 3.39. The fourth-order valence-electron chi connectivity index (χ4n) is 2.29. The Labute approximate surface area is 124 Å². The molecule has 0 aliphatic carbocycles. The lowest BCUT2D eigenvalue weighted by Gasteiger charge is -2.37. The maximum Gasteiger partial charge on any atom is 0.417 e. The number of anilines is 1. The highest BCUT2D eigenvalue weighted by atomic mass is 79.9. The van der Waals surface area contributed by atoms with Gasteiger partial charge in [0.1, 0.15) is 5.82 Å². The highest BCUT2D eigenvalue weighted by molar-refractivity contribution is 9.10.